The molecule has 1 unspecified atom stereocenters. The first-order chi connectivity index (χ1) is 17.0. The minimum atomic E-state index is -0.923. The molecule has 1 aliphatic heterocycles. The molecule has 0 bridgehead atoms. The number of imidazole rings is 1. The lowest BCUT2D eigenvalue weighted by molar-refractivity contribution is -0.00645. The first kappa shape index (κ1) is 24.5. The Morgan fingerprint density at radius 3 is 2.69 bits per heavy atom. The summed E-state index contributed by atoms with van der Waals surface area (Å²) in [7, 11) is 1.78. The number of aliphatic hydroxyl groups is 1. The van der Waals surface area contributed by atoms with E-state index in [0.717, 1.165) is 42.8 Å². The molecule has 0 radical (unpaired) electrons. The number of piperidine rings is 1. The maximum Gasteiger partial charge on any atom is 0.410 e. The Balaban J connectivity index is 1.37. The van der Waals surface area contributed by atoms with Crippen molar-refractivity contribution in [3.63, 3.8) is 0 Å². The average molecular weight is 495 g/mol. The minimum Gasteiger partial charge on any atom is -0.444 e. The fourth-order valence-corrected chi connectivity index (χ4v) is 5.09. The maximum absolute atomic E-state index is 13.1. The molecule has 1 saturated heterocycles. The molecule has 10 nitrogen and oxygen atoms in total. The van der Waals surface area contributed by atoms with E-state index in [1.807, 2.05) is 26.8 Å². The number of ether oxygens (including phenoxy) is 1. The van der Waals surface area contributed by atoms with Crippen LogP contribution in [0.25, 0.3) is 16.9 Å². The Labute approximate surface area is 209 Å². The minimum absolute atomic E-state index is 0.0263. The van der Waals surface area contributed by atoms with E-state index in [1.54, 1.807) is 22.7 Å². The molecule has 192 valence electrons. The van der Waals surface area contributed by atoms with Crippen LogP contribution in [-0.2, 0) is 24.1 Å². The standard InChI is InChI=1S/C26H34N6O4/c1-25(2,3)36-24(34)30(4)20-12-17-5-6-18(11-19(17)13-20)21-14-28-22-23(33)31(16-29-32(21)22)15-26(35)7-9-27-10-8-26/h5-6,11,14,16,20,27,35H,7-10,12-13,15H2,1-4H3. The number of rotatable bonds is 4. The zero-order valence-corrected chi connectivity index (χ0v) is 21.3. The predicted octanol–water partition coefficient (Wildman–Crippen LogP) is 2.01. The number of carbonyl (C=O) groups excluding carboxylic acids is 1. The summed E-state index contributed by atoms with van der Waals surface area (Å²) in [6.45, 7) is 7.24. The predicted molar refractivity (Wildman–Crippen MR) is 135 cm³/mol. The van der Waals surface area contributed by atoms with E-state index in [4.69, 9.17) is 4.74 Å². The summed E-state index contributed by atoms with van der Waals surface area (Å²) in [5, 5.41) is 18.6. The van der Waals surface area contributed by atoms with Crippen molar-refractivity contribution in [2.45, 2.75) is 70.2 Å². The van der Waals surface area contributed by atoms with Crippen LogP contribution in [0.2, 0.25) is 0 Å². The molecule has 36 heavy (non-hydrogen) atoms. The van der Waals surface area contributed by atoms with Gasteiger partial charge in [-0.2, -0.15) is 5.10 Å². The van der Waals surface area contributed by atoms with Crippen LogP contribution in [0.3, 0.4) is 0 Å². The van der Waals surface area contributed by atoms with Gasteiger partial charge in [-0.15, -0.1) is 0 Å². The summed E-state index contributed by atoms with van der Waals surface area (Å²) in [4.78, 5) is 31.7. The lowest BCUT2D eigenvalue weighted by Crippen LogP contribution is -2.46. The van der Waals surface area contributed by atoms with E-state index in [0.29, 0.717) is 12.8 Å². The van der Waals surface area contributed by atoms with Crippen molar-refractivity contribution in [2.75, 3.05) is 20.1 Å². The molecule has 2 aromatic heterocycles. The summed E-state index contributed by atoms with van der Waals surface area (Å²) in [5.74, 6) is 0. The van der Waals surface area contributed by atoms with E-state index in [9.17, 15) is 14.7 Å². The van der Waals surface area contributed by atoms with Gasteiger partial charge in [0.1, 0.15) is 11.9 Å². The summed E-state index contributed by atoms with van der Waals surface area (Å²) < 4.78 is 8.55. The average Bonchev–Trinajstić information content (AvgIpc) is 3.44. The zero-order chi connectivity index (χ0) is 25.7. The van der Waals surface area contributed by atoms with Gasteiger partial charge in [0, 0.05) is 18.7 Å². The van der Waals surface area contributed by atoms with Gasteiger partial charge in [-0.25, -0.2) is 14.3 Å². The zero-order valence-electron chi connectivity index (χ0n) is 21.3. The summed E-state index contributed by atoms with van der Waals surface area (Å²) in [6, 6.07) is 6.19. The Kier molecular flexibility index (Phi) is 6.12. The van der Waals surface area contributed by atoms with Crippen molar-refractivity contribution in [3.8, 4) is 11.3 Å². The summed E-state index contributed by atoms with van der Waals surface area (Å²) >= 11 is 0. The van der Waals surface area contributed by atoms with Crippen LogP contribution < -0.4 is 10.9 Å². The van der Waals surface area contributed by atoms with Crippen LogP contribution in [0.15, 0.2) is 35.5 Å². The Hall–Kier alpha value is -3.24. The maximum atomic E-state index is 13.1. The fraction of sp³-hybridized carbons (Fsp3) is 0.538. The van der Waals surface area contributed by atoms with Crippen molar-refractivity contribution in [1.82, 2.24) is 29.4 Å². The molecule has 3 aromatic rings. The van der Waals surface area contributed by atoms with Crippen LogP contribution >= 0.6 is 0 Å². The van der Waals surface area contributed by atoms with Crippen molar-refractivity contribution < 1.29 is 14.6 Å². The molecular weight excluding hydrogens is 460 g/mol. The molecular formula is C26H34N6O4. The van der Waals surface area contributed by atoms with Gasteiger partial charge in [-0.3, -0.25) is 9.36 Å². The number of nitrogens with one attached hydrogen (secondary N) is 1. The number of hydrogen-bond acceptors (Lipinski definition) is 7. The second kappa shape index (κ2) is 9.01. The number of amides is 1. The highest BCUT2D eigenvalue weighted by Crippen LogP contribution is 2.30. The third-order valence-electron chi connectivity index (χ3n) is 7.14. The molecule has 1 aliphatic carbocycles. The third kappa shape index (κ3) is 4.75. The van der Waals surface area contributed by atoms with Gasteiger partial charge in [0.15, 0.2) is 0 Å². The third-order valence-corrected chi connectivity index (χ3v) is 7.14. The second-order valence-electron chi connectivity index (χ2n) is 11.1. The molecule has 5 rings (SSSR count). The van der Waals surface area contributed by atoms with E-state index < -0.39 is 11.2 Å². The van der Waals surface area contributed by atoms with E-state index in [1.165, 1.54) is 16.5 Å². The Morgan fingerprint density at radius 2 is 1.97 bits per heavy atom. The largest absolute Gasteiger partial charge is 0.444 e. The van der Waals surface area contributed by atoms with Crippen LogP contribution in [0.1, 0.15) is 44.7 Å². The van der Waals surface area contributed by atoms with Gasteiger partial charge in [0.05, 0.1) is 24.0 Å². The smallest absolute Gasteiger partial charge is 0.410 e. The first-order valence-corrected chi connectivity index (χ1v) is 12.5. The highest BCUT2D eigenvalue weighted by atomic mass is 16.6. The second-order valence-corrected chi connectivity index (χ2v) is 11.1. The molecule has 1 aromatic carbocycles. The molecule has 2 aliphatic rings. The van der Waals surface area contributed by atoms with Crippen molar-refractivity contribution >= 4 is 11.7 Å². The molecule has 1 fully saturated rings. The molecule has 10 heteroatoms. The van der Waals surface area contributed by atoms with Crippen LogP contribution in [0, 0.1) is 0 Å². The quantitative estimate of drug-likeness (QED) is 0.570. The summed E-state index contributed by atoms with van der Waals surface area (Å²) in [6.07, 6.45) is 5.49. The molecule has 3 heterocycles. The lowest BCUT2D eigenvalue weighted by atomic mass is 9.92. The first-order valence-electron chi connectivity index (χ1n) is 12.5. The highest BCUT2D eigenvalue weighted by molar-refractivity contribution is 5.69. The number of aromatic nitrogens is 4. The van der Waals surface area contributed by atoms with Gasteiger partial charge in [-0.1, -0.05) is 12.1 Å². The van der Waals surface area contributed by atoms with Crippen molar-refractivity contribution in [2.24, 2.45) is 0 Å². The lowest BCUT2D eigenvalue weighted by Gasteiger charge is -2.32. The molecule has 2 N–H and O–H groups in total. The number of likely N-dealkylation sites (N-methyl/N-ethyl adjacent to an activating group) is 1. The van der Waals surface area contributed by atoms with Gasteiger partial charge in [-0.05, 0) is 76.7 Å². The van der Waals surface area contributed by atoms with Crippen molar-refractivity contribution in [3.05, 3.63) is 52.2 Å². The molecule has 1 atom stereocenters. The SMILES string of the molecule is CN(C(=O)OC(C)(C)C)C1Cc2ccc(-c3cnc4c(=O)n(CC5(O)CCNCC5)cnn34)cc2C1. The number of hydrogen-bond donors (Lipinski definition) is 2. The summed E-state index contributed by atoms with van der Waals surface area (Å²) in [5.41, 5.74) is 2.47. The van der Waals surface area contributed by atoms with E-state index >= 15 is 0 Å². The van der Waals surface area contributed by atoms with Gasteiger partial charge in [0.2, 0.25) is 5.65 Å². The van der Waals surface area contributed by atoms with Gasteiger partial charge in [0.25, 0.3) is 5.56 Å². The number of benzene rings is 1. The monoisotopic (exact) mass is 494 g/mol. The molecule has 1 amide bonds. The van der Waals surface area contributed by atoms with E-state index in [-0.39, 0.29) is 29.9 Å². The number of fused-ring (bicyclic) bond motifs is 2. The fourth-order valence-electron chi connectivity index (χ4n) is 5.09. The Bertz CT molecular complexity index is 1350. The van der Waals surface area contributed by atoms with Gasteiger partial charge < -0.3 is 20.1 Å². The normalized spacial score (nSPS) is 19.3. The topological polar surface area (TPSA) is 114 Å². The van der Waals surface area contributed by atoms with Crippen LogP contribution in [-0.4, -0.2) is 72.6 Å². The van der Waals surface area contributed by atoms with E-state index in [2.05, 4.69) is 27.5 Å². The van der Waals surface area contributed by atoms with Crippen molar-refractivity contribution in [1.29, 1.82) is 0 Å². The van der Waals surface area contributed by atoms with Crippen LogP contribution in [0.5, 0.6) is 0 Å². The molecule has 0 spiro atoms. The van der Waals surface area contributed by atoms with Crippen LogP contribution in [0.4, 0.5) is 4.79 Å². The Morgan fingerprint density at radius 1 is 1.25 bits per heavy atom. The molecule has 0 saturated carbocycles. The highest BCUT2D eigenvalue weighted by Gasteiger charge is 2.32. The number of nitrogens with zero attached hydrogens (tertiary/aromatic N) is 5. The van der Waals surface area contributed by atoms with Gasteiger partial charge >= 0.3 is 6.09 Å². The number of carbonyl (C=O) groups is 1.